The summed E-state index contributed by atoms with van der Waals surface area (Å²) in [5.74, 6) is 0.176. The van der Waals surface area contributed by atoms with E-state index < -0.39 is 32.7 Å². The Morgan fingerprint density at radius 2 is 1.12 bits per heavy atom. The Bertz CT molecular complexity index is 1240. The van der Waals surface area contributed by atoms with E-state index in [1.54, 1.807) is 12.1 Å². The van der Waals surface area contributed by atoms with Crippen LogP contribution in [0.15, 0.2) is 36.4 Å². The molecular formula is C20H20Cl2N2O8S2. The first-order valence-electron chi connectivity index (χ1n) is 9.76. The third-order valence-corrected chi connectivity index (χ3v) is 7.06. The maximum Gasteiger partial charge on any atom is 0.383 e. The predicted octanol–water partition coefficient (Wildman–Crippen LogP) is 3.17. The van der Waals surface area contributed by atoms with Gasteiger partial charge in [-0.1, -0.05) is 23.2 Å². The minimum atomic E-state index is -3.85. The molecule has 4 rings (SSSR count). The maximum atomic E-state index is 11.4. The van der Waals surface area contributed by atoms with Gasteiger partial charge in [-0.15, -0.1) is 0 Å². The molecule has 2 aliphatic heterocycles. The van der Waals surface area contributed by atoms with Crippen LogP contribution in [0.4, 0.5) is 0 Å². The van der Waals surface area contributed by atoms with Gasteiger partial charge < -0.3 is 8.37 Å². The Hall–Kier alpha value is -2.22. The molecule has 0 bridgehead atoms. The van der Waals surface area contributed by atoms with Crippen LogP contribution >= 0.6 is 23.2 Å². The van der Waals surface area contributed by atoms with Crippen molar-refractivity contribution in [2.75, 3.05) is 0 Å². The summed E-state index contributed by atoms with van der Waals surface area (Å²) < 4.78 is 59.8. The highest BCUT2D eigenvalue weighted by molar-refractivity contribution is 7.85. The van der Waals surface area contributed by atoms with Crippen LogP contribution < -0.4 is 17.8 Å². The Morgan fingerprint density at radius 3 is 1.44 bits per heavy atom. The quantitative estimate of drug-likeness (QED) is 0.590. The van der Waals surface area contributed by atoms with Gasteiger partial charge >= 0.3 is 20.6 Å². The van der Waals surface area contributed by atoms with E-state index in [1.165, 1.54) is 38.1 Å². The van der Waals surface area contributed by atoms with E-state index in [-0.39, 0.29) is 35.9 Å². The first-order valence-corrected chi connectivity index (χ1v) is 13.3. The van der Waals surface area contributed by atoms with Crippen LogP contribution in [0.25, 0.3) is 0 Å². The zero-order valence-electron chi connectivity index (χ0n) is 17.9. The predicted molar refractivity (Wildman–Crippen MR) is 124 cm³/mol. The Labute approximate surface area is 207 Å². The van der Waals surface area contributed by atoms with Gasteiger partial charge in [0, 0.05) is 34.0 Å². The summed E-state index contributed by atoms with van der Waals surface area (Å²) in [6.45, 7) is 2.79. The molecule has 34 heavy (non-hydrogen) atoms. The lowest BCUT2D eigenvalue weighted by Gasteiger charge is -2.25. The van der Waals surface area contributed by atoms with Crippen LogP contribution in [0.1, 0.15) is 49.9 Å². The summed E-state index contributed by atoms with van der Waals surface area (Å²) in [6, 6.07) is 7.95. The van der Waals surface area contributed by atoms with Gasteiger partial charge in [-0.25, -0.2) is 0 Å². The monoisotopic (exact) mass is 550 g/mol. The molecule has 0 unspecified atom stereocenters. The van der Waals surface area contributed by atoms with Crippen LogP contribution in [0.5, 0.6) is 11.5 Å². The summed E-state index contributed by atoms with van der Waals surface area (Å²) >= 11 is 11.7. The molecule has 0 saturated heterocycles. The number of Topliss-reactive ketones (excluding diaryl/α,β-unsaturated/α-hetero) is 2. The minimum Gasteiger partial charge on any atom is -0.371 e. The van der Waals surface area contributed by atoms with Gasteiger partial charge in [-0.3, -0.25) is 9.59 Å². The lowest BCUT2D eigenvalue weighted by Crippen LogP contribution is -2.37. The van der Waals surface area contributed by atoms with Crippen molar-refractivity contribution in [2.45, 2.75) is 38.8 Å². The third-order valence-electron chi connectivity index (χ3n) is 4.65. The van der Waals surface area contributed by atoms with Crippen molar-refractivity contribution in [1.82, 2.24) is 9.44 Å². The SMILES string of the molecule is CC(=O)C[C@@H]1NS(=O)(=O)Oc2ccc(Cl)cc21.CC(=O)C[C@@H]1NS(=O)(=O)Oc2ccc(Cl)cc21. The van der Waals surface area contributed by atoms with Crippen LogP contribution in [-0.2, 0) is 30.2 Å². The number of nitrogens with one attached hydrogen (secondary N) is 2. The molecule has 2 atom stereocenters. The first-order chi connectivity index (χ1) is 15.7. The molecular weight excluding hydrogens is 531 g/mol. The van der Waals surface area contributed by atoms with Gasteiger partial charge in [0.05, 0.1) is 12.1 Å². The smallest absolute Gasteiger partial charge is 0.371 e. The normalized spacial score (nSPS) is 21.4. The number of ketones is 2. The number of rotatable bonds is 4. The number of hydrogen-bond donors (Lipinski definition) is 2. The van der Waals surface area contributed by atoms with E-state index in [0.29, 0.717) is 21.2 Å². The zero-order chi connectivity index (χ0) is 25.3. The van der Waals surface area contributed by atoms with Gasteiger partial charge in [0.15, 0.2) is 0 Å². The third kappa shape index (κ3) is 6.90. The lowest BCUT2D eigenvalue weighted by atomic mass is 10.0. The zero-order valence-corrected chi connectivity index (χ0v) is 21.0. The summed E-state index contributed by atoms with van der Waals surface area (Å²) in [5, 5.41) is 0.920. The second-order valence-corrected chi connectivity index (χ2v) is 11.1. The highest BCUT2D eigenvalue weighted by Crippen LogP contribution is 2.36. The number of fused-ring (bicyclic) bond motifs is 2. The standard InChI is InChI=1S/2C10H10ClNO4S/c2*1-6(13)4-9-8-5-7(11)2-3-10(8)16-17(14,15)12-9/h2*2-3,5,9,12H,4H2,1H3/t2*9-/m00/s1. The molecule has 2 aliphatic rings. The molecule has 0 spiro atoms. The molecule has 0 amide bonds. The van der Waals surface area contributed by atoms with Gasteiger partial charge in [0.25, 0.3) is 0 Å². The van der Waals surface area contributed by atoms with Crippen LogP contribution in [0.2, 0.25) is 10.0 Å². The van der Waals surface area contributed by atoms with Crippen LogP contribution in [-0.4, -0.2) is 28.4 Å². The molecule has 0 radical (unpaired) electrons. The van der Waals surface area contributed by atoms with E-state index in [1.807, 2.05) is 0 Å². The molecule has 2 N–H and O–H groups in total. The fourth-order valence-electron chi connectivity index (χ4n) is 3.37. The molecule has 2 aromatic carbocycles. The number of hydrogen-bond acceptors (Lipinski definition) is 8. The van der Waals surface area contributed by atoms with E-state index in [2.05, 4.69) is 9.44 Å². The van der Waals surface area contributed by atoms with Crippen molar-refractivity contribution >= 4 is 55.4 Å². The fourth-order valence-corrected chi connectivity index (χ4v) is 5.72. The van der Waals surface area contributed by atoms with Crippen molar-refractivity contribution in [3.8, 4) is 11.5 Å². The topological polar surface area (TPSA) is 145 Å². The summed E-state index contributed by atoms with van der Waals surface area (Å²) in [5.41, 5.74) is 1.14. The van der Waals surface area contributed by atoms with Gasteiger partial charge in [0.2, 0.25) is 0 Å². The molecule has 0 fully saturated rings. The Balaban J connectivity index is 0.000000191. The lowest BCUT2D eigenvalue weighted by molar-refractivity contribution is -0.118. The minimum absolute atomic E-state index is 0.0654. The molecule has 0 aliphatic carbocycles. The van der Waals surface area contributed by atoms with Crippen molar-refractivity contribution in [3.05, 3.63) is 57.6 Å². The number of benzene rings is 2. The highest BCUT2D eigenvalue weighted by Gasteiger charge is 2.32. The molecule has 2 heterocycles. The number of carbonyl (C=O) groups excluding carboxylic acids is 2. The van der Waals surface area contributed by atoms with Gasteiger partial charge in [0.1, 0.15) is 23.1 Å². The van der Waals surface area contributed by atoms with Gasteiger partial charge in [-0.05, 0) is 50.2 Å². The van der Waals surface area contributed by atoms with E-state index >= 15 is 0 Å². The van der Waals surface area contributed by atoms with E-state index in [9.17, 15) is 26.4 Å². The number of carbonyl (C=O) groups is 2. The molecule has 184 valence electrons. The fraction of sp³-hybridized carbons (Fsp3) is 0.300. The van der Waals surface area contributed by atoms with E-state index in [4.69, 9.17) is 31.6 Å². The molecule has 14 heteroatoms. The maximum absolute atomic E-state index is 11.4. The first kappa shape index (κ1) is 26.4. The second kappa shape index (κ2) is 10.2. The van der Waals surface area contributed by atoms with Gasteiger partial charge in [-0.2, -0.15) is 26.3 Å². The number of halogens is 2. The summed E-state index contributed by atoms with van der Waals surface area (Å²) in [4.78, 5) is 22.2. The molecule has 10 nitrogen and oxygen atoms in total. The second-order valence-electron chi connectivity index (χ2n) is 7.59. The Morgan fingerprint density at radius 1 is 0.765 bits per heavy atom. The molecule has 0 aromatic heterocycles. The van der Waals surface area contributed by atoms with Crippen LogP contribution in [0.3, 0.4) is 0 Å². The largest absolute Gasteiger partial charge is 0.383 e. The average molecular weight is 551 g/mol. The van der Waals surface area contributed by atoms with Crippen molar-refractivity contribution in [3.63, 3.8) is 0 Å². The Kier molecular flexibility index (Phi) is 7.90. The molecule has 2 aromatic rings. The summed E-state index contributed by atoms with van der Waals surface area (Å²) in [6.07, 6.45) is 0.131. The molecule has 0 saturated carbocycles. The van der Waals surface area contributed by atoms with Crippen LogP contribution in [0, 0.1) is 0 Å². The van der Waals surface area contributed by atoms with Crippen molar-refractivity contribution in [2.24, 2.45) is 0 Å². The van der Waals surface area contributed by atoms with Crippen molar-refractivity contribution < 1.29 is 34.8 Å². The van der Waals surface area contributed by atoms with Crippen molar-refractivity contribution in [1.29, 1.82) is 0 Å². The average Bonchev–Trinajstić information content (AvgIpc) is 2.67. The highest BCUT2D eigenvalue weighted by atomic mass is 35.5. The summed E-state index contributed by atoms with van der Waals surface area (Å²) in [7, 11) is -7.70. The van der Waals surface area contributed by atoms with E-state index in [0.717, 1.165) is 0 Å².